The molecule has 0 fully saturated rings. The average Bonchev–Trinajstić information content (AvgIpc) is 2.65. The van der Waals surface area contributed by atoms with E-state index >= 15 is 0 Å². The van der Waals surface area contributed by atoms with Crippen molar-refractivity contribution in [3.63, 3.8) is 0 Å². The zero-order valence-corrected chi connectivity index (χ0v) is 16.7. The van der Waals surface area contributed by atoms with Gasteiger partial charge in [0.15, 0.2) is 12.2 Å². The van der Waals surface area contributed by atoms with Crippen molar-refractivity contribution in [3.8, 4) is 5.75 Å². The summed E-state index contributed by atoms with van der Waals surface area (Å²) in [6.07, 6.45) is 4.61. The molecule has 152 valence electrons. The first-order chi connectivity index (χ1) is 13.0. The Balaban J connectivity index is 2.40. The van der Waals surface area contributed by atoms with Gasteiger partial charge in [-0.1, -0.05) is 44.7 Å². The number of unbranched alkanes of at least 4 members (excludes halogenated alkanes) is 4. The first-order valence-corrected chi connectivity index (χ1v) is 9.85. The number of carboxylic acid groups (broad SMARTS) is 1. The summed E-state index contributed by atoms with van der Waals surface area (Å²) in [4.78, 5) is 23.2. The van der Waals surface area contributed by atoms with E-state index in [1.807, 2.05) is 0 Å². The van der Waals surface area contributed by atoms with E-state index in [0.717, 1.165) is 18.4 Å². The van der Waals surface area contributed by atoms with Crippen molar-refractivity contribution in [3.05, 3.63) is 29.8 Å². The average molecular weight is 379 g/mol. The van der Waals surface area contributed by atoms with Crippen LogP contribution in [0.25, 0.3) is 0 Å². The van der Waals surface area contributed by atoms with E-state index in [2.05, 4.69) is 12.2 Å². The van der Waals surface area contributed by atoms with Crippen LogP contribution in [0.2, 0.25) is 0 Å². The van der Waals surface area contributed by atoms with Gasteiger partial charge in [-0.15, -0.1) is 0 Å². The minimum atomic E-state index is -0.975. The maximum absolute atomic E-state index is 12.1. The van der Waals surface area contributed by atoms with Gasteiger partial charge in [-0.05, 0) is 38.0 Å². The molecule has 0 aliphatic carbocycles. The third kappa shape index (κ3) is 9.43. The quantitative estimate of drug-likeness (QED) is 0.483. The topological polar surface area (TPSA) is 84.9 Å². The Morgan fingerprint density at radius 2 is 1.74 bits per heavy atom. The summed E-state index contributed by atoms with van der Waals surface area (Å²) in [5, 5.41) is 12.0. The fourth-order valence-electron chi connectivity index (χ4n) is 2.68. The lowest BCUT2D eigenvalue weighted by Crippen LogP contribution is -2.36. The molecule has 6 nitrogen and oxygen atoms in total. The molecular formula is C21H33NO5. The highest BCUT2D eigenvalue weighted by Crippen LogP contribution is 2.16. The largest absolute Gasteiger partial charge is 0.481 e. The van der Waals surface area contributed by atoms with Crippen LogP contribution in [0.4, 0.5) is 0 Å². The lowest BCUT2D eigenvalue weighted by atomic mass is 10.1. The number of carbonyl (C=O) groups is 2. The van der Waals surface area contributed by atoms with Crippen LogP contribution in [-0.4, -0.2) is 42.3 Å². The van der Waals surface area contributed by atoms with Gasteiger partial charge in [-0.2, -0.15) is 0 Å². The van der Waals surface area contributed by atoms with Gasteiger partial charge in [-0.3, -0.25) is 4.79 Å². The van der Waals surface area contributed by atoms with Crippen molar-refractivity contribution in [2.24, 2.45) is 0 Å². The van der Waals surface area contributed by atoms with Crippen molar-refractivity contribution in [1.29, 1.82) is 0 Å². The van der Waals surface area contributed by atoms with Gasteiger partial charge in [0.1, 0.15) is 5.75 Å². The molecule has 0 spiro atoms. The second-order valence-corrected chi connectivity index (χ2v) is 6.60. The van der Waals surface area contributed by atoms with Gasteiger partial charge in [0.2, 0.25) is 0 Å². The molecule has 2 atom stereocenters. The van der Waals surface area contributed by atoms with E-state index < -0.39 is 18.2 Å². The smallest absolute Gasteiger partial charge is 0.333 e. The molecule has 1 amide bonds. The Kier molecular flexibility index (Phi) is 11.2. The van der Waals surface area contributed by atoms with Crippen molar-refractivity contribution < 1.29 is 24.2 Å². The van der Waals surface area contributed by atoms with Crippen LogP contribution in [0.5, 0.6) is 5.75 Å². The number of hydrogen-bond donors (Lipinski definition) is 2. The molecule has 2 N–H and O–H groups in total. The Hall–Kier alpha value is -2.08. The summed E-state index contributed by atoms with van der Waals surface area (Å²) in [5.74, 6) is -0.526. The predicted octanol–water partition coefficient (Wildman–Crippen LogP) is 3.57. The summed E-state index contributed by atoms with van der Waals surface area (Å²) >= 11 is 0. The van der Waals surface area contributed by atoms with Crippen LogP contribution >= 0.6 is 0 Å². The van der Waals surface area contributed by atoms with E-state index in [-0.39, 0.29) is 12.3 Å². The normalized spacial score (nSPS) is 13.0. The maximum Gasteiger partial charge on any atom is 0.333 e. The molecule has 0 aliphatic heterocycles. The molecule has 1 aromatic carbocycles. The van der Waals surface area contributed by atoms with Gasteiger partial charge in [0.05, 0.1) is 0 Å². The van der Waals surface area contributed by atoms with E-state index in [4.69, 9.17) is 14.6 Å². The van der Waals surface area contributed by atoms with Gasteiger partial charge in [0.25, 0.3) is 5.91 Å². The van der Waals surface area contributed by atoms with Crippen LogP contribution < -0.4 is 10.1 Å². The number of nitrogens with one attached hydrogen (secondary N) is 1. The van der Waals surface area contributed by atoms with Gasteiger partial charge >= 0.3 is 5.97 Å². The Labute approximate surface area is 162 Å². The number of hydrogen-bond acceptors (Lipinski definition) is 4. The summed E-state index contributed by atoms with van der Waals surface area (Å²) in [6, 6.07) is 7.08. The Morgan fingerprint density at radius 1 is 1.07 bits per heavy atom. The molecule has 0 aromatic heterocycles. The van der Waals surface area contributed by atoms with Crippen LogP contribution in [0.15, 0.2) is 24.3 Å². The van der Waals surface area contributed by atoms with Crippen molar-refractivity contribution in [1.82, 2.24) is 5.32 Å². The zero-order chi connectivity index (χ0) is 20.1. The van der Waals surface area contributed by atoms with Crippen LogP contribution in [0, 0.1) is 0 Å². The molecule has 0 radical (unpaired) electrons. The number of carbonyl (C=O) groups excluding carboxylic acids is 1. The summed E-state index contributed by atoms with van der Waals surface area (Å²) in [7, 11) is 0. The Morgan fingerprint density at radius 3 is 2.33 bits per heavy atom. The highest BCUT2D eigenvalue weighted by molar-refractivity contribution is 5.80. The molecule has 1 rings (SSSR count). The first kappa shape index (κ1) is 23.0. The standard InChI is InChI=1S/C21H33NO5/c1-4-6-7-8-9-14-22-20(23)16(3)27-18-12-10-17(11-13-18)15-19(21(24)25)26-5-2/h10-13,16,19H,4-9,14-15H2,1-3H3,(H,22,23)(H,24,25)/t16?,19-/m1/s1. The van der Waals surface area contributed by atoms with E-state index in [9.17, 15) is 9.59 Å². The number of ether oxygens (including phenoxy) is 2. The van der Waals surface area contributed by atoms with Gasteiger partial charge < -0.3 is 19.9 Å². The van der Waals surface area contributed by atoms with Gasteiger partial charge in [-0.25, -0.2) is 4.79 Å². The van der Waals surface area contributed by atoms with E-state index in [1.54, 1.807) is 38.1 Å². The number of amides is 1. The summed E-state index contributed by atoms with van der Waals surface area (Å²) < 4.78 is 10.9. The van der Waals surface area contributed by atoms with Crippen molar-refractivity contribution in [2.75, 3.05) is 13.2 Å². The number of aliphatic carboxylic acids is 1. The van der Waals surface area contributed by atoms with Crippen LogP contribution in [0.3, 0.4) is 0 Å². The SMILES string of the molecule is CCCCCCCNC(=O)C(C)Oc1ccc(C[C@@H](OCC)C(=O)O)cc1. The highest BCUT2D eigenvalue weighted by Gasteiger charge is 2.18. The molecule has 0 saturated carbocycles. The highest BCUT2D eigenvalue weighted by atomic mass is 16.5. The second-order valence-electron chi connectivity index (χ2n) is 6.60. The van der Waals surface area contributed by atoms with E-state index in [0.29, 0.717) is 18.9 Å². The lowest BCUT2D eigenvalue weighted by Gasteiger charge is -2.16. The summed E-state index contributed by atoms with van der Waals surface area (Å²) in [6.45, 7) is 6.68. The second kappa shape index (κ2) is 13.1. The van der Waals surface area contributed by atoms with Crippen LogP contribution in [0.1, 0.15) is 58.4 Å². The monoisotopic (exact) mass is 379 g/mol. The molecule has 1 unspecified atom stereocenters. The van der Waals surface area contributed by atoms with E-state index in [1.165, 1.54) is 19.3 Å². The van der Waals surface area contributed by atoms with Gasteiger partial charge in [0, 0.05) is 19.6 Å². The molecule has 0 bridgehead atoms. The number of rotatable bonds is 14. The summed E-state index contributed by atoms with van der Waals surface area (Å²) in [5.41, 5.74) is 0.840. The Bertz CT molecular complexity index is 558. The third-order valence-electron chi connectivity index (χ3n) is 4.25. The molecular weight excluding hydrogens is 346 g/mol. The van der Waals surface area contributed by atoms with Crippen LogP contribution in [-0.2, 0) is 20.7 Å². The number of benzene rings is 1. The zero-order valence-electron chi connectivity index (χ0n) is 16.7. The van der Waals surface area contributed by atoms with Crippen molar-refractivity contribution >= 4 is 11.9 Å². The third-order valence-corrected chi connectivity index (χ3v) is 4.25. The molecule has 27 heavy (non-hydrogen) atoms. The maximum atomic E-state index is 12.1. The molecule has 1 aromatic rings. The fraction of sp³-hybridized carbons (Fsp3) is 0.619. The predicted molar refractivity (Wildman–Crippen MR) is 105 cm³/mol. The molecule has 0 aliphatic rings. The first-order valence-electron chi connectivity index (χ1n) is 9.85. The molecule has 0 heterocycles. The number of carboxylic acids is 1. The fourth-order valence-corrected chi connectivity index (χ4v) is 2.68. The lowest BCUT2D eigenvalue weighted by molar-refractivity contribution is -0.150. The minimum absolute atomic E-state index is 0.128. The molecule has 6 heteroatoms. The van der Waals surface area contributed by atoms with Crippen molar-refractivity contribution in [2.45, 2.75) is 71.5 Å². The molecule has 0 saturated heterocycles. The minimum Gasteiger partial charge on any atom is -0.481 e.